The first kappa shape index (κ1) is 28.4. The van der Waals surface area contributed by atoms with Gasteiger partial charge in [-0.2, -0.15) is 8.78 Å². The van der Waals surface area contributed by atoms with Gasteiger partial charge in [0.1, 0.15) is 29.7 Å². The van der Waals surface area contributed by atoms with Crippen molar-refractivity contribution in [1.82, 2.24) is 14.9 Å². The lowest BCUT2D eigenvalue weighted by Gasteiger charge is -2.30. The predicted molar refractivity (Wildman–Crippen MR) is 148 cm³/mol. The van der Waals surface area contributed by atoms with Crippen LogP contribution in [0.5, 0.6) is 11.5 Å². The first-order valence-corrected chi connectivity index (χ1v) is 13.6. The van der Waals surface area contributed by atoms with Gasteiger partial charge in [0.05, 0.1) is 24.2 Å². The quantitative estimate of drug-likeness (QED) is 0.346. The summed E-state index contributed by atoms with van der Waals surface area (Å²) < 4.78 is 57.3. The van der Waals surface area contributed by atoms with E-state index in [9.17, 15) is 13.9 Å². The zero-order valence-corrected chi connectivity index (χ0v) is 24.0. The van der Waals surface area contributed by atoms with Crippen LogP contribution in [-0.4, -0.2) is 58.9 Å². The van der Waals surface area contributed by atoms with Crippen LogP contribution in [0.3, 0.4) is 0 Å². The first-order chi connectivity index (χ1) is 18.7. The predicted octanol–water partition coefficient (Wildman–Crippen LogP) is 5.76. The summed E-state index contributed by atoms with van der Waals surface area (Å²) in [6.45, 7) is 8.85. The molecule has 1 saturated heterocycles. The van der Waals surface area contributed by atoms with Crippen molar-refractivity contribution in [1.29, 1.82) is 0 Å². The van der Waals surface area contributed by atoms with E-state index in [0.29, 0.717) is 52.6 Å². The lowest BCUT2D eigenvalue weighted by molar-refractivity contribution is -0.170. The number of nitrogens with zero attached hydrogens (tertiary/aromatic N) is 3. The Bertz CT molecular complexity index is 1440. The number of hydrogen-bond acceptors (Lipinski definition) is 7. The molecule has 2 N–H and O–H groups in total. The molecule has 2 aliphatic rings. The smallest absolute Gasteiger partial charge is 0.303 e. The number of halogens is 3. The molecule has 5 rings (SSSR count). The number of ether oxygens (including phenoxy) is 2. The first-order valence-electron chi connectivity index (χ1n) is 13.6. The van der Waals surface area contributed by atoms with Gasteiger partial charge >= 0.3 is 5.92 Å². The van der Waals surface area contributed by atoms with Crippen molar-refractivity contribution >= 4 is 16.7 Å². The highest BCUT2D eigenvalue weighted by Crippen LogP contribution is 2.49. The maximum atomic E-state index is 15.5. The monoisotopic (exact) mass is 558 g/mol. The fourth-order valence-electron chi connectivity index (χ4n) is 5.91. The molecule has 1 aromatic heterocycles. The second-order valence-corrected chi connectivity index (χ2v) is 11.7. The zero-order chi connectivity index (χ0) is 29.1. The minimum atomic E-state index is -3.79. The summed E-state index contributed by atoms with van der Waals surface area (Å²) in [5.74, 6) is -1.40. The molecule has 1 saturated carbocycles. The van der Waals surface area contributed by atoms with Gasteiger partial charge < -0.3 is 19.9 Å². The van der Waals surface area contributed by atoms with E-state index in [1.165, 1.54) is 18.6 Å². The van der Waals surface area contributed by atoms with Crippen LogP contribution in [-0.2, 0) is 5.92 Å². The number of anilines is 1. The molecule has 4 atom stereocenters. The van der Waals surface area contributed by atoms with Crippen molar-refractivity contribution in [3.05, 3.63) is 52.6 Å². The number of methoxy groups -OCH3 is 1. The second-order valence-electron chi connectivity index (χ2n) is 11.7. The van der Waals surface area contributed by atoms with Gasteiger partial charge in [-0.05, 0) is 72.1 Å². The second kappa shape index (κ2) is 10.1. The Morgan fingerprint density at radius 1 is 1.23 bits per heavy atom. The maximum absolute atomic E-state index is 15.5. The third kappa shape index (κ3) is 4.85. The van der Waals surface area contributed by atoms with E-state index in [-0.39, 0.29) is 5.56 Å². The number of aryl methyl sites for hydroxylation is 2. The SMILES string of the molecule is COc1c(OC[C@@H]2C3CC3CN2C)cc2c(N[C@H](C)c3cccc(C(F)(F)C(C)(C)O)c3F)nc(C)nc2c1C. The molecule has 0 bridgehead atoms. The average Bonchev–Trinajstić information content (AvgIpc) is 3.55. The van der Waals surface area contributed by atoms with E-state index in [1.54, 1.807) is 21.0 Å². The van der Waals surface area contributed by atoms with Crippen molar-refractivity contribution < 1.29 is 27.8 Å². The number of hydrogen-bond donors (Lipinski definition) is 2. The van der Waals surface area contributed by atoms with Gasteiger partial charge in [-0.25, -0.2) is 14.4 Å². The summed E-state index contributed by atoms with van der Waals surface area (Å²) in [4.78, 5) is 11.5. The number of fused-ring (bicyclic) bond motifs is 2. The molecule has 2 fully saturated rings. The third-order valence-electron chi connectivity index (χ3n) is 8.38. The molecule has 10 heteroatoms. The number of aliphatic hydroxyl groups is 1. The summed E-state index contributed by atoms with van der Waals surface area (Å²) >= 11 is 0. The molecule has 2 heterocycles. The van der Waals surface area contributed by atoms with Crippen LogP contribution in [0.4, 0.5) is 19.0 Å². The van der Waals surface area contributed by atoms with Gasteiger partial charge in [-0.3, -0.25) is 4.90 Å². The highest BCUT2D eigenvalue weighted by molar-refractivity contribution is 5.94. The van der Waals surface area contributed by atoms with Crippen molar-refractivity contribution in [3.63, 3.8) is 0 Å². The van der Waals surface area contributed by atoms with Gasteiger partial charge in [0, 0.05) is 29.1 Å². The van der Waals surface area contributed by atoms with Crippen LogP contribution in [0, 0.1) is 31.5 Å². The number of likely N-dealkylation sites (N-methyl/N-ethyl adjacent to an activating group) is 1. The van der Waals surface area contributed by atoms with Gasteiger partial charge in [0.2, 0.25) is 0 Å². The van der Waals surface area contributed by atoms with Crippen LogP contribution < -0.4 is 14.8 Å². The van der Waals surface area contributed by atoms with Crippen molar-refractivity contribution in [2.45, 2.75) is 64.6 Å². The Morgan fingerprint density at radius 3 is 2.58 bits per heavy atom. The van der Waals surface area contributed by atoms with E-state index >= 15 is 4.39 Å². The lowest BCUT2D eigenvalue weighted by Crippen LogP contribution is -2.41. The van der Waals surface area contributed by atoms with Gasteiger partial charge in [-0.15, -0.1) is 0 Å². The van der Waals surface area contributed by atoms with E-state index in [4.69, 9.17) is 9.47 Å². The fourth-order valence-corrected chi connectivity index (χ4v) is 5.91. The van der Waals surface area contributed by atoms with Gasteiger partial charge in [0.15, 0.2) is 11.5 Å². The molecule has 1 aliphatic carbocycles. The third-order valence-corrected chi connectivity index (χ3v) is 8.38. The van der Waals surface area contributed by atoms with Crippen LogP contribution in [0.25, 0.3) is 10.9 Å². The van der Waals surface area contributed by atoms with Crippen molar-refractivity contribution in [2.75, 3.05) is 32.6 Å². The number of alkyl halides is 2. The summed E-state index contributed by atoms with van der Waals surface area (Å²) in [5, 5.41) is 13.9. The van der Waals surface area contributed by atoms with E-state index in [2.05, 4.69) is 27.2 Å². The van der Waals surface area contributed by atoms with Gasteiger partial charge in [0.25, 0.3) is 0 Å². The molecule has 0 amide bonds. The summed E-state index contributed by atoms with van der Waals surface area (Å²) in [7, 11) is 3.71. The van der Waals surface area contributed by atoms with Crippen LogP contribution in [0.2, 0.25) is 0 Å². The normalized spacial score (nSPS) is 21.8. The number of rotatable bonds is 9. The number of likely N-dealkylation sites (tertiary alicyclic amines) is 1. The Hall–Kier alpha value is -3.11. The highest BCUT2D eigenvalue weighted by Gasteiger charge is 2.51. The Labute approximate surface area is 232 Å². The lowest BCUT2D eigenvalue weighted by atomic mass is 9.91. The minimum Gasteiger partial charge on any atom is -0.493 e. The topological polar surface area (TPSA) is 79.7 Å². The molecule has 0 radical (unpaired) electrons. The molecule has 2 aromatic carbocycles. The number of nitrogens with one attached hydrogen (secondary N) is 1. The number of piperidine rings is 1. The van der Waals surface area contributed by atoms with Crippen LogP contribution >= 0.6 is 0 Å². The maximum Gasteiger partial charge on any atom is 0.303 e. The molecule has 0 spiro atoms. The van der Waals surface area contributed by atoms with Crippen LogP contribution in [0.1, 0.15) is 55.7 Å². The molecule has 1 aliphatic heterocycles. The van der Waals surface area contributed by atoms with Crippen molar-refractivity contribution in [2.24, 2.45) is 11.8 Å². The van der Waals surface area contributed by atoms with E-state index < -0.39 is 28.9 Å². The van der Waals surface area contributed by atoms with Gasteiger partial charge in [-0.1, -0.05) is 12.1 Å². The van der Waals surface area contributed by atoms with E-state index in [1.807, 2.05) is 13.0 Å². The summed E-state index contributed by atoms with van der Waals surface area (Å²) in [6, 6.07) is 5.23. The standard InChI is InChI=1S/C30H37F3N4O3/c1-15-26-21(12-24(27(15)39-7)40-14-23-20-11-18(20)13-37(23)6)28(36-17(3)35-26)34-16(2)19-9-8-10-22(25(19)31)30(32,33)29(4,5)38/h8-10,12,16,18,20,23,38H,11,13-14H2,1-7H3,(H,34,35,36)/t16-,18?,20?,23-/m1/s1. The van der Waals surface area contributed by atoms with Crippen LogP contribution in [0.15, 0.2) is 24.3 Å². The Kier molecular flexibility index (Phi) is 7.15. The molecular formula is C30H37F3N4O3. The number of benzene rings is 2. The fraction of sp³-hybridized carbons (Fsp3) is 0.533. The Balaban J connectivity index is 1.50. The molecule has 3 aromatic rings. The van der Waals surface area contributed by atoms with Crippen molar-refractivity contribution in [3.8, 4) is 11.5 Å². The zero-order valence-electron chi connectivity index (χ0n) is 24.0. The summed E-state index contributed by atoms with van der Waals surface area (Å²) in [6.07, 6.45) is 1.24. The molecule has 216 valence electrons. The largest absolute Gasteiger partial charge is 0.493 e. The average molecular weight is 559 g/mol. The number of aromatic nitrogens is 2. The molecule has 2 unspecified atom stereocenters. The molecular weight excluding hydrogens is 521 g/mol. The molecule has 7 nitrogen and oxygen atoms in total. The molecule has 40 heavy (non-hydrogen) atoms. The summed E-state index contributed by atoms with van der Waals surface area (Å²) in [5.41, 5.74) is -1.85. The minimum absolute atomic E-state index is 0.0239. The highest BCUT2D eigenvalue weighted by atomic mass is 19.3. The van der Waals surface area contributed by atoms with E-state index in [0.717, 1.165) is 37.9 Å². The Morgan fingerprint density at radius 2 is 1.95 bits per heavy atom.